The van der Waals surface area contributed by atoms with Crippen LogP contribution in [-0.4, -0.2) is 30.0 Å². The standard InChI is InChI=1S/C8H11F3N4OS/c1-15(3-2-8(9,10)11)7-4(6(13)16)5(12)14-17-7/h2-3H2,1H3,(H2,12,14)(H2,13,16). The summed E-state index contributed by atoms with van der Waals surface area (Å²) in [4.78, 5) is 12.3. The summed E-state index contributed by atoms with van der Waals surface area (Å²) in [7, 11) is 1.42. The Labute approximate surface area is 99.4 Å². The second kappa shape index (κ2) is 4.78. The van der Waals surface area contributed by atoms with E-state index < -0.39 is 18.5 Å². The summed E-state index contributed by atoms with van der Waals surface area (Å²) in [5, 5.41) is 0.249. The number of rotatable bonds is 4. The first-order valence-corrected chi connectivity index (χ1v) is 5.32. The first kappa shape index (κ1) is 13.6. The maximum absolute atomic E-state index is 12.0. The molecule has 4 N–H and O–H groups in total. The Balaban J connectivity index is 2.82. The molecular formula is C8H11F3N4OS. The van der Waals surface area contributed by atoms with Gasteiger partial charge in [-0.3, -0.25) is 4.79 Å². The zero-order valence-corrected chi connectivity index (χ0v) is 9.73. The molecule has 0 spiro atoms. The number of hydrogen-bond donors (Lipinski definition) is 2. The number of hydrogen-bond acceptors (Lipinski definition) is 5. The monoisotopic (exact) mass is 268 g/mol. The third-order valence-electron chi connectivity index (χ3n) is 2.02. The molecule has 0 bridgehead atoms. The van der Waals surface area contributed by atoms with Gasteiger partial charge in [-0.15, -0.1) is 0 Å². The lowest BCUT2D eigenvalue weighted by Gasteiger charge is -2.18. The van der Waals surface area contributed by atoms with E-state index >= 15 is 0 Å². The highest BCUT2D eigenvalue weighted by atomic mass is 32.1. The fourth-order valence-corrected chi connectivity index (χ4v) is 1.98. The summed E-state index contributed by atoms with van der Waals surface area (Å²) in [6.07, 6.45) is -5.24. The van der Waals surface area contributed by atoms with Gasteiger partial charge >= 0.3 is 6.18 Å². The van der Waals surface area contributed by atoms with Crippen LogP contribution in [-0.2, 0) is 0 Å². The molecule has 0 radical (unpaired) electrons. The first-order chi connectivity index (χ1) is 7.72. The number of nitrogens with zero attached hydrogens (tertiary/aromatic N) is 2. The van der Waals surface area contributed by atoms with E-state index in [0.717, 1.165) is 11.5 Å². The average molecular weight is 268 g/mol. The number of amides is 1. The molecule has 1 rings (SSSR count). The summed E-state index contributed by atoms with van der Waals surface area (Å²) in [6, 6.07) is 0. The van der Waals surface area contributed by atoms with Crippen LogP contribution in [0, 0.1) is 0 Å². The summed E-state index contributed by atoms with van der Waals surface area (Å²) < 4.78 is 39.8. The number of anilines is 2. The van der Waals surface area contributed by atoms with E-state index in [0.29, 0.717) is 0 Å². The smallest absolute Gasteiger partial charge is 0.382 e. The van der Waals surface area contributed by atoms with Gasteiger partial charge in [-0.25, -0.2) is 0 Å². The van der Waals surface area contributed by atoms with Crippen LogP contribution >= 0.6 is 11.5 Å². The molecule has 1 aromatic rings. The van der Waals surface area contributed by atoms with E-state index in [1.807, 2.05) is 0 Å². The second-order valence-electron chi connectivity index (χ2n) is 3.40. The van der Waals surface area contributed by atoms with Crippen molar-refractivity contribution in [2.75, 3.05) is 24.2 Å². The van der Waals surface area contributed by atoms with Gasteiger partial charge in [0.2, 0.25) is 0 Å². The topological polar surface area (TPSA) is 85.2 Å². The summed E-state index contributed by atoms with van der Waals surface area (Å²) in [5.41, 5.74) is 10.5. The van der Waals surface area contributed by atoms with Crippen LogP contribution in [0.2, 0.25) is 0 Å². The fourth-order valence-electron chi connectivity index (χ4n) is 1.18. The maximum Gasteiger partial charge on any atom is 0.390 e. The van der Waals surface area contributed by atoms with Crippen molar-refractivity contribution in [1.82, 2.24) is 4.37 Å². The molecular weight excluding hydrogens is 257 g/mol. The molecule has 9 heteroatoms. The molecule has 0 aliphatic rings. The molecule has 0 aliphatic carbocycles. The highest BCUT2D eigenvalue weighted by Crippen LogP contribution is 2.30. The molecule has 1 amide bonds. The van der Waals surface area contributed by atoms with Crippen molar-refractivity contribution in [2.24, 2.45) is 5.73 Å². The van der Waals surface area contributed by atoms with Crippen LogP contribution in [0.5, 0.6) is 0 Å². The van der Waals surface area contributed by atoms with E-state index in [-0.39, 0.29) is 22.9 Å². The van der Waals surface area contributed by atoms with Crippen molar-refractivity contribution in [1.29, 1.82) is 0 Å². The van der Waals surface area contributed by atoms with Gasteiger partial charge in [-0.2, -0.15) is 17.5 Å². The Hall–Kier alpha value is -1.51. The van der Waals surface area contributed by atoms with Gasteiger partial charge in [0.05, 0.1) is 6.42 Å². The fraction of sp³-hybridized carbons (Fsp3) is 0.500. The average Bonchev–Trinajstić information content (AvgIpc) is 2.55. The minimum atomic E-state index is -4.25. The van der Waals surface area contributed by atoms with Gasteiger partial charge in [-0.05, 0) is 11.5 Å². The van der Waals surface area contributed by atoms with Crippen molar-refractivity contribution in [3.63, 3.8) is 0 Å². The van der Waals surface area contributed by atoms with Crippen LogP contribution in [0.4, 0.5) is 24.0 Å². The minimum Gasteiger partial charge on any atom is -0.382 e. The zero-order chi connectivity index (χ0) is 13.2. The van der Waals surface area contributed by atoms with E-state index in [2.05, 4.69) is 4.37 Å². The van der Waals surface area contributed by atoms with Crippen LogP contribution in [0.3, 0.4) is 0 Å². The zero-order valence-electron chi connectivity index (χ0n) is 8.91. The quantitative estimate of drug-likeness (QED) is 0.859. The Bertz CT molecular complexity index is 417. The van der Waals surface area contributed by atoms with Gasteiger partial charge in [0.15, 0.2) is 5.82 Å². The lowest BCUT2D eigenvalue weighted by Crippen LogP contribution is -2.25. The van der Waals surface area contributed by atoms with Gasteiger partial charge in [0.1, 0.15) is 10.6 Å². The highest BCUT2D eigenvalue weighted by molar-refractivity contribution is 7.11. The van der Waals surface area contributed by atoms with Crippen molar-refractivity contribution >= 4 is 28.3 Å². The van der Waals surface area contributed by atoms with Crippen LogP contribution < -0.4 is 16.4 Å². The van der Waals surface area contributed by atoms with Gasteiger partial charge < -0.3 is 16.4 Å². The third-order valence-corrected chi connectivity index (χ3v) is 3.00. The number of aromatic nitrogens is 1. The number of halogens is 3. The highest BCUT2D eigenvalue weighted by Gasteiger charge is 2.28. The number of carbonyl (C=O) groups is 1. The molecule has 0 aromatic carbocycles. The number of primary amides is 1. The summed E-state index contributed by atoms with van der Waals surface area (Å²) in [5.74, 6) is -0.860. The Morgan fingerprint density at radius 3 is 2.59 bits per heavy atom. The molecule has 17 heavy (non-hydrogen) atoms. The number of carbonyl (C=O) groups excluding carboxylic acids is 1. The van der Waals surface area contributed by atoms with E-state index in [1.54, 1.807) is 0 Å². The second-order valence-corrected chi connectivity index (χ2v) is 4.15. The molecule has 0 saturated carbocycles. The molecule has 0 unspecified atom stereocenters. The summed E-state index contributed by atoms with van der Waals surface area (Å²) in [6.45, 7) is -0.286. The number of alkyl halides is 3. The molecule has 1 heterocycles. The SMILES string of the molecule is CN(CCC(F)(F)F)c1snc(N)c1C(N)=O. The van der Waals surface area contributed by atoms with Crippen LogP contribution in [0.25, 0.3) is 0 Å². The van der Waals surface area contributed by atoms with E-state index in [9.17, 15) is 18.0 Å². The molecule has 0 aliphatic heterocycles. The van der Waals surface area contributed by atoms with Crippen LogP contribution in [0.15, 0.2) is 0 Å². The lowest BCUT2D eigenvalue weighted by atomic mass is 10.3. The van der Waals surface area contributed by atoms with Gasteiger partial charge in [-0.1, -0.05) is 0 Å². The normalized spacial score (nSPS) is 11.5. The molecule has 0 fully saturated rings. The molecule has 5 nitrogen and oxygen atoms in total. The molecule has 1 aromatic heterocycles. The maximum atomic E-state index is 12.0. The predicted molar refractivity (Wildman–Crippen MR) is 59.0 cm³/mol. The van der Waals surface area contributed by atoms with Crippen LogP contribution in [0.1, 0.15) is 16.8 Å². The predicted octanol–water partition coefficient (Wildman–Crippen LogP) is 1.21. The Morgan fingerprint density at radius 1 is 1.53 bits per heavy atom. The van der Waals surface area contributed by atoms with Gasteiger partial charge in [0.25, 0.3) is 5.91 Å². The Kier molecular flexibility index (Phi) is 3.81. The van der Waals surface area contributed by atoms with Gasteiger partial charge in [0, 0.05) is 13.6 Å². The summed E-state index contributed by atoms with van der Waals surface area (Å²) >= 11 is 0.846. The number of nitrogen functional groups attached to an aromatic ring is 1. The lowest BCUT2D eigenvalue weighted by molar-refractivity contribution is -0.132. The van der Waals surface area contributed by atoms with E-state index in [4.69, 9.17) is 11.5 Å². The van der Waals surface area contributed by atoms with Crippen molar-refractivity contribution in [3.8, 4) is 0 Å². The Morgan fingerprint density at radius 2 is 2.12 bits per heavy atom. The largest absolute Gasteiger partial charge is 0.390 e. The van der Waals surface area contributed by atoms with Crippen molar-refractivity contribution in [2.45, 2.75) is 12.6 Å². The molecule has 0 atom stereocenters. The molecule has 0 saturated heterocycles. The number of nitrogens with two attached hydrogens (primary N) is 2. The van der Waals surface area contributed by atoms with Crippen molar-refractivity contribution < 1.29 is 18.0 Å². The third kappa shape index (κ3) is 3.48. The van der Waals surface area contributed by atoms with E-state index in [1.165, 1.54) is 11.9 Å². The first-order valence-electron chi connectivity index (χ1n) is 4.55. The minimum absolute atomic E-state index is 0.0281. The van der Waals surface area contributed by atoms with Crippen molar-refractivity contribution in [3.05, 3.63) is 5.56 Å². The molecule has 96 valence electrons.